The van der Waals surface area contributed by atoms with Gasteiger partial charge in [0.15, 0.2) is 11.5 Å². The Morgan fingerprint density at radius 1 is 1.20 bits per heavy atom. The van der Waals surface area contributed by atoms with Crippen LogP contribution in [-0.4, -0.2) is 39.1 Å². The number of carbonyl (C=O) groups is 2. The summed E-state index contributed by atoms with van der Waals surface area (Å²) in [6.45, 7) is 1.14. The zero-order valence-electron chi connectivity index (χ0n) is 14.9. The van der Waals surface area contributed by atoms with Crippen LogP contribution in [0.4, 0.5) is 5.69 Å². The molecule has 1 N–H and O–H groups in total. The standard InChI is InChI=1S/C19H26N2O4/c1-24-16-8-7-15(10-17(16)25-2)21-12-14(9-18(21)22)19(23)20-11-13-5-3-4-6-13/h7-8,10,13-14H,3-6,9,11-12H2,1-2H3,(H,20,23). The van der Waals surface area contributed by atoms with Crippen LogP contribution < -0.4 is 19.7 Å². The van der Waals surface area contributed by atoms with Crippen molar-refractivity contribution in [3.05, 3.63) is 18.2 Å². The third-order valence-corrected chi connectivity index (χ3v) is 5.21. The van der Waals surface area contributed by atoms with E-state index in [9.17, 15) is 9.59 Å². The van der Waals surface area contributed by atoms with Gasteiger partial charge in [0.1, 0.15) is 0 Å². The number of amides is 2. The van der Waals surface area contributed by atoms with Crippen LogP contribution in [-0.2, 0) is 9.59 Å². The molecule has 1 aromatic rings. The van der Waals surface area contributed by atoms with Crippen LogP contribution in [0.25, 0.3) is 0 Å². The minimum atomic E-state index is -0.290. The molecule has 25 heavy (non-hydrogen) atoms. The van der Waals surface area contributed by atoms with E-state index in [1.807, 2.05) is 6.07 Å². The number of methoxy groups -OCH3 is 2. The first kappa shape index (κ1) is 17.6. The fraction of sp³-hybridized carbons (Fsp3) is 0.579. The van der Waals surface area contributed by atoms with Gasteiger partial charge < -0.3 is 19.7 Å². The van der Waals surface area contributed by atoms with Crippen molar-refractivity contribution in [2.75, 3.05) is 32.2 Å². The predicted octanol–water partition coefficient (Wildman–Crippen LogP) is 2.36. The molecule has 3 rings (SSSR count). The van der Waals surface area contributed by atoms with Crippen molar-refractivity contribution in [3.8, 4) is 11.5 Å². The Bertz CT molecular complexity index is 640. The lowest BCUT2D eigenvalue weighted by atomic mass is 10.1. The van der Waals surface area contributed by atoms with Gasteiger partial charge in [-0.05, 0) is 30.9 Å². The molecule has 2 amide bonds. The van der Waals surface area contributed by atoms with E-state index in [0.717, 1.165) is 12.2 Å². The third kappa shape index (κ3) is 3.89. The van der Waals surface area contributed by atoms with Gasteiger partial charge in [0.2, 0.25) is 11.8 Å². The van der Waals surface area contributed by atoms with E-state index < -0.39 is 0 Å². The summed E-state index contributed by atoms with van der Waals surface area (Å²) in [7, 11) is 3.13. The molecule has 1 aliphatic carbocycles. The number of benzene rings is 1. The van der Waals surface area contributed by atoms with Crippen molar-refractivity contribution in [1.82, 2.24) is 5.32 Å². The number of carbonyl (C=O) groups excluding carboxylic acids is 2. The molecule has 1 heterocycles. The molecule has 1 saturated heterocycles. The molecule has 1 aliphatic heterocycles. The van der Waals surface area contributed by atoms with Gasteiger partial charge in [0.25, 0.3) is 0 Å². The molecule has 2 fully saturated rings. The SMILES string of the molecule is COc1ccc(N2CC(C(=O)NCC3CCCC3)CC2=O)cc1OC. The average Bonchev–Trinajstić information content (AvgIpc) is 3.28. The van der Waals surface area contributed by atoms with Gasteiger partial charge in [-0.2, -0.15) is 0 Å². The van der Waals surface area contributed by atoms with Crippen molar-refractivity contribution in [3.63, 3.8) is 0 Å². The average molecular weight is 346 g/mol. The van der Waals surface area contributed by atoms with Crippen molar-refractivity contribution in [2.24, 2.45) is 11.8 Å². The topological polar surface area (TPSA) is 67.9 Å². The predicted molar refractivity (Wildman–Crippen MR) is 95.0 cm³/mol. The van der Waals surface area contributed by atoms with Crippen LogP contribution in [0.1, 0.15) is 32.1 Å². The molecule has 1 aromatic carbocycles. The molecule has 1 atom stereocenters. The summed E-state index contributed by atoms with van der Waals surface area (Å²) in [6, 6.07) is 5.36. The van der Waals surface area contributed by atoms with Crippen LogP contribution in [0.2, 0.25) is 0 Å². The molecule has 1 saturated carbocycles. The fourth-order valence-corrected chi connectivity index (χ4v) is 3.73. The highest BCUT2D eigenvalue weighted by molar-refractivity contribution is 6.00. The Kier molecular flexibility index (Phi) is 5.46. The zero-order valence-corrected chi connectivity index (χ0v) is 14.9. The van der Waals surface area contributed by atoms with Crippen molar-refractivity contribution in [1.29, 1.82) is 0 Å². The van der Waals surface area contributed by atoms with Crippen molar-refractivity contribution >= 4 is 17.5 Å². The van der Waals surface area contributed by atoms with E-state index in [2.05, 4.69) is 5.32 Å². The first-order chi connectivity index (χ1) is 12.1. The van der Waals surface area contributed by atoms with Gasteiger partial charge in [-0.25, -0.2) is 0 Å². The molecule has 136 valence electrons. The lowest BCUT2D eigenvalue weighted by Gasteiger charge is -2.19. The maximum absolute atomic E-state index is 12.4. The van der Waals surface area contributed by atoms with Gasteiger partial charge in [-0.15, -0.1) is 0 Å². The normalized spacial score (nSPS) is 20.8. The van der Waals surface area contributed by atoms with E-state index in [0.29, 0.717) is 24.0 Å². The summed E-state index contributed by atoms with van der Waals surface area (Å²) in [5.41, 5.74) is 0.730. The van der Waals surface area contributed by atoms with Crippen molar-refractivity contribution in [2.45, 2.75) is 32.1 Å². The Morgan fingerprint density at radius 2 is 1.92 bits per heavy atom. The van der Waals surface area contributed by atoms with E-state index >= 15 is 0 Å². The molecule has 6 heteroatoms. The molecular weight excluding hydrogens is 320 g/mol. The molecule has 0 aromatic heterocycles. The van der Waals surface area contributed by atoms with Crippen LogP contribution >= 0.6 is 0 Å². The van der Waals surface area contributed by atoms with Gasteiger partial charge in [0.05, 0.1) is 20.1 Å². The first-order valence-corrected chi connectivity index (χ1v) is 8.92. The Morgan fingerprint density at radius 3 is 2.60 bits per heavy atom. The second-order valence-corrected chi connectivity index (χ2v) is 6.84. The summed E-state index contributed by atoms with van der Waals surface area (Å²) in [4.78, 5) is 26.4. The largest absolute Gasteiger partial charge is 0.493 e. The molecule has 2 aliphatic rings. The number of anilines is 1. The second-order valence-electron chi connectivity index (χ2n) is 6.84. The molecule has 0 radical (unpaired) electrons. The summed E-state index contributed by atoms with van der Waals surface area (Å²) in [5.74, 6) is 1.45. The fourth-order valence-electron chi connectivity index (χ4n) is 3.73. The summed E-state index contributed by atoms with van der Waals surface area (Å²) < 4.78 is 10.5. The monoisotopic (exact) mass is 346 g/mol. The van der Waals surface area contributed by atoms with Crippen LogP contribution in [0.3, 0.4) is 0 Å². The summed E-state index contributed by atoms with van der Waals surface area (Å²) in [5, 5.41) is 3.04. The highest BCUT2D eigenvalue weighted by atomic mass is 16.5. The Labute approximate surface area is 148 Å². The van der Waals surface area contributed by atoms with Gasteiger partial charge in [-0.1, -0.05) is 12.8 Å². The molecule has 0 bridgehead atoms. The first-order valence-electron chi connectivity index (χ1n) is 8.92. The van der Waals surface area contributed by atoms with Crippen molar-refractivity contribution < 1.29 is 19.1 Å². The second kappa shape index (κ2) is 7.76. The van der Waals surface area contributed by atoms with Crippen LogP contribution in [0.5, 0.6) is 11.5 Å². The number of rotatable bonds is 6. The Hall–Kier alpha value is -2.24. The summed E-state index contributed by atoms with van der Waals surface area (Å²) in [6.07, 6.45) is 5.17. The number of nitrogens with zero attached hydrogens (tertiary/aromatic N) is 1. The Balaban J connectivity index is 1.62. The van der Waals surface area contributed by atoms with E-state index in [4.69, 9.17) is 9.47 Å². The molecule has 0 spiro atoms. The van der Waals surface area contributed by atoms with E-state index in [1.165, 1.54) is 25.7 Å². The van der Waals surface area contributed by atoms with Gasteiger partial charge in [0, 0.05) is 31.3 Å². The highest BCUT2D eigenvalue weighted by Gasteiger charge is 2.35. The smallest absolute Gasteiger partial charge is 0.227 e. The van der Waals surface area contributed by atoms with E-state index in [-0.39, 0.29) is 24.2 Å². The number of ether oxygens (including phenoxy) is 2. The number of hydrogen-bond donors (Lipinski definition) is 1. The maximum Gasteiger partial charge on any atom is 0.227 e. The molecular formula is C19H26N2O4. The summed E-state index contributed by atoms with van der Waals surface area (Å²) >= 11 is 0. The van der Waals surface area contributed by atoms with E-state index in [1.54, 1.807) is 31.3 Å². The molecule has 6 nitrogen and oxygen atoms in total. The lowest BCUT2D eigenvalue weighted by molar-refractivity contribution is -0.126. The maximum atomic E-state index is 12.4. The minimum Gasteiger partial charge on any atom is -0.493 e. The third-order valence-electron chi connectivity index (χ3n) is 5.21. The molecule has 1 unspecified atom stereocenters. The van der Waals surface area contributed by atoms with Crippen LogP contribution in [0, 0.1) is 11.8 Å². The minimum absolute atomic E-state index is 0.0109. The lowest BCUT2D eigenvalue weighted by Crippen LogP contribution is -2.35. The van der Waals surface area contributed by atoms with Crippen LogP contribution in [0.15, 0.2) is 18.2 Å². The highest BCUT2D eigenvalue weighted by Crippen LogP contribution is 2.34. The van der Waals surface area contributed by atoms with Gasteiger partial charge in [-0.3, -0.25) is 9.59 Å². The number of hydrogen-bond acceptors (Lipinski definition) is 4. The zero-order chi connectivity index (χ0) is 17.8. The number of nitrogens with one attached hydrogen (secondary N) is 1. The van der Waals surface area contributed by atoms with Gasteiger partial charge >= 0.3 is 0 Å². The quantitative estimate of drug-likeness (QED) is 0.859.